The zero-order valence-corrected chi connectivity index (χ0v) is 15.3. The van der Waals surface area contributed by atoms with Crippen molar-refractivity contribution >= 4 is 17.4 Å². The van der Waals surface area contributed by atoms with E-state index in [1.165, 1.54) is 5.01 Å². The van der Waals surface area contributed by atoms with Crippen LogP contribution < -0.4 is 14.5 Å². The fourth-order valence-corrected chi connectivity index (χ4v) is 3.69. The van der Waals surface area contributed by atoms with Gasteiger partial charge in [0.05, 0.1) is 25.8 Å². The van der Waals surface area contributed by atoms with Gasteiger partial charge < -0.3 is 9.47 Å². The molecule has 2 atom stereocenters. The third-order valence-corrected chi connectivity index (χ3v) is 5.06. The van der Waals surface area contributed by atoms with Crippen LogP contribution in [-0.4, -0.2) is 30.8 Å². The van der Waals surface area contributed by atoms with Crippen molar-refractivity contribution in [3.8, 4) is 11.5 Å². The van der Waals surface area contributed by atoms with Crippen LogP contribution in [0.1, 0.15) is 18.4 Å². The van der Waals surface area contributed by atoms with Gasteiger partial charge in [-0.1, -0.05) is 18.2 Å². The highest BCUT2D eigenvalue weighted by Crippen LogP contribution is 2.37. The molecule has 0 saturated carbocycles. The molecule has 1 aromatic heterocycles. The van der Waals surface area contributed by atoms with Crippen molar-refractivity contribution in [2.24, 2.45) is 16.9 Å². The van der Waals surface area contributed by atoms with E-state index in [9.17, 15) is 4.79 Å². The van der Waals surface area contributed by atoms with Gasteiger partial charge in [0.2, 0.25) is 0 Å². The smallest absolute Gasteiger partial charge is 0.252 e. The molecule has 1 aliphatic heterocycles. The maximum absolute atomic E-state index is 13.1. The Bertz CT molecular complexity index is 908. The number of anilines is 1. The highest BCUT2D eigenvalue weighted by Gasteiger charge is 2.41. The van der Waals surface area contributed by atoms with Crippen LogP contribution in [0.2, 0.25) is 0 Å². The molecule has 1 amide bonds. The Hall–Kier alpha value is -3.15. The highest BCUT2D eigenvalue weighted by molar-refractivity contribution is 6.11. The number of hydrazone groups is 1. The minimum absolute atomic E-state index is 0.00715. The zero-order chi connectivity index (χ0) is 18.8. The predicted molar refractivity (Wildman–Crippen MR) is 103 cm³/mol. The second-order valence-electron chi connectivity index (χ2n) is 6.55. The van der Waals surface area contributed by atoms with Crippen molar-refractivity contribution in [2.75, 3.05) is 19.2 Å². The van der Waals surface area contributed by atoms with E-state index in [0.29, 0.717) is 23.7 Å². The number of carbonyl (C=O) groups excluding carboxylic acids is 1. The third-order valence-electron chi connectivity index (χ3n) is 5.06. The first-order valence-electron chi connectivity index (χ1n) is 8.94. The van der Waals surface area contributed by atoms with E-state index in [1.807, 2.05) is 30.3 Å². The number of carbonyl (C=O) groups is 1. The SMILES string of the molecule is COc1ccc(C2=NN(c3ccccn3)C(=O)[C@@H]3CC=CC[C@H]23)cc1OC. The van der Waals surface area contributed by atoms with E-state index < -0.39 is 0 Å². The number of pyridine rings is 1. The molecule has 0 unspecified atom stereocenters. The summed E-state index contributed by atoms with van der Waals surface area (Å²) in [4.78, 5) is 17.4. The summed E-state index contributed by atoms with van der Waals surface area (Å²) >= 11 is 0. The van der Waals surface area contributed by atoms with Crippen LogP contribution in [0.15, 0.2) is 59.8 Å². The molecule has 0 N–H and O–H groups in total. The molecule has 138 valence electrons. The van der Waals surface area contributed by atoms with Crippen LogP contribution in [0.4, 0.5) is 5.82 Å². The number of allylic oxidation sites excluding steroid dienone is 2. The summed E-state index contributed by atoms with van der Waals surface area (Å²) in [5, 5.41) is 6.16. The number of hydrogen-bond acceptors (Lipinski definition) is 5. The first kappa shape index (κ1) is 17.3. The van der Waals surface area contributed by atoms with Gasteiger partial charge in [0.15, 0.2) is 17.3 Å². The maximum Gasteiger partial charge on any atom is 0.252 e. The van der Waals surface area contributed by atoms with E-state index in [0.717, 1.165) is 17.7 Å². The highest BCUT2D eigenvalue weighted by atomic mass is 16.5. The van der Waals surface area contributed by atoms with E-state index in [-0.39, 0.29) is 17.7 Å². The molecule has 1 aliphatic carbocycles. The van der Waals surface area contributed by atoms with E-state index in [2.05, 4.69) is 17.1 Å². The van der Waals surface area contributed by atoms with Gasteiger partial charge in [0.25, 0.3) is 5.91 Å². The summed E-state index contributed by atoms with van der Waals surface area (Å²) in [5.74, 6) is 1.73. The number of benzene rings is 1. The Kier molecular flexibility index (Phi) is 4.62. The van der Waals surface area contributed by atoms with Gasteiger partial charge in [-0.05, 0) is 43.2 Å². The molecule has 2 aliphatic rings. The molecule has 1 aromatic carbocycles. The predicted octanol–water partition coefficient (Wildman–Crippen LogP) is 3.43. The number of hydrogen-bond donors (Lipinski definition) is 0. The van der Waals surface area contributed by atoms with Crippen LogP contribution in [-0.2, 0) is 4.79 Å². The minimum atomic E-state index is -0.141. The second kappa shape index (κ2) is 7.23. The molecule has 0 saturated heterocycles. The van der Waals surface area contributed by atoms with Crippen LogP contribution in [0, 0.1) is 11.8 Å². The quantitative estimate of drug-likeness (QED) is 0.781. The molecule has 0 bridgehead atoms. The van der Waals surface area contributed by atoms with E-state index in [1.54, 1.807) is 26.5 Å². The van der Waals surface area contributed by atoms with Crippen molar-refractivity contribution in [3.63, 3.8) is 0 Å². The van der Waals surface area contributed by atoms with Gasteiger partial charge in [0.1, 0.15) is 0 Å². The average molecular weight is 363 g/mol. The zero-order valence-electron chi connectivity index (χ0n) is 15.3. The van der Waals surface area contributed by atoms with Gasteiger partial charge in [0, 0.05) is 17.7 Å². The van der Waals surface area contributed by atoms with Crippen molar-refractivity contribution in [2.45, 2.75) is 12.8 Å². The number of rotatable bonds is 4. The van der Waals surface area contributed by atoms with E-state index >= 15 is 0 Å². The number of ether oxygens (including phenoxy) is 2. The van der Waals surface area contributed by atoms with Crippen LogP contribution in [0.25, 0.3) is 0 Å². The van der Waals surface area contributed by atoms with Crippen molar-refractivity contribution in [3.05, 3.63) is 60.3 Å². The molecular formula is C21H21N3O3. The number of amides is 1. The number of methoxy groups -OCH3 is 2. The normalized spacial score (nSPS) is 21.5. The molecule has 27 heavy (non-hydrogen) atoms. The van der Waals surface area contributed by atoms with Crippen molar-refractivity contribution in [1.29, 1.82) is 0 Å². The largest absolute Gasteiger partial charge is 0.493 e. The topological polar surface area (TPSA) is 64.0 Å². The lowest BCUT2D eigenvalue weighted by atomic mass is 9.76. The lowest BCUT2D eigenvalue weighted by molar-refractivity contribution is -0.123. The van der Waals surface area contributed by atoms with Crippen LogP contribution >= 0.6 is 0 Å². The summed E-state index contributed by atoms with van der Waals surface area (Å²) in [7, 11) is 3.22. The monoisotopic (exact) mass is 363 g/mol. The number of aromatic nitrogens is 1. The summed E-state index contributed by atoms with van der Waals surface area (Å²) in [6.07, 6.45) is 7.37. The third kappa shape index (κ3) is 3.07. The first-order valence-corrected chi connectivity index (χ1v) is 8.94. The standard InChI is InChI=1S/C21H21N3O3/c1-26-17-11-10-14(13-18(17)27-2)20-15-7-3-4-8-16(15)21(25)24(23-20)19-9-5-6-12-22-19/h3-6,9-13,15-16H,7-8H2,1-2H3/t15-,16+/m0/s1. The Morgan fingerprint density at radius 2 is 1.78 bits per heavy atom. The summed E-state index contributed by atoms with van der Waals surface area (Å²) in [6.45, 7) is 0. The van der Waals surface area contributed by atoms with Crippen LogP contribution in [0.3, 0.4) is 0 Å². The summed E-state index contributed by atoms with van der Waals surface area (Å²) in [6, 6.07) is 11.2. The molecular weight excluding hydrogens is 342 g/mol. The average Bonchev–Trinajstić information content (AvgIpc) is 2.74. The number of nitrogens with zero attached hydrogens (tertiary/aromatic N) is 3. The Labute approximate surface area is 158 Å². The van der Waals surface area contributed by atoms with Gasteiger partial charge in [-0.2, -0.15) is 10.1 Å². The first-order chi connectivity index (χ1) is 13.2. The summed E-state index contributed by atoms with van der Waals surface area (Å²) < 4.78 is 10.8. The van der Waals surface area contributed by atoms with Crippen molar-refractivity contribution < 1.29 is 14.3 Å². The lowest BCUT2D eigenvalue weighted by Gasteiger charge is -2.36. The fourth-order valence-electron chi connectivity index (χ4n) is 3.69. The Balaban J connectivity index is 1.83. The molecule has 2 aromatic rings. The lowest BCUT2D eigenvalue weighted by Crippen LogP contribution is -2.45. The molecule has 0 spiro atoms. The maximum atomic E-state index is 13.1. The number of fused-ring (bicyclic) bond motifs is 1. The second-order valence-corrected chi connectivity index (χ2v) is 6.55. The van der Waals surface area contributed by atoms with Gasteiger partial charge in [-0.3, -0.25) is 4.79 Å². The molecule has 2 heterocycles. The molecule has 0 fully saturated rings. The van der Waals surface area contributed by atoms with Crippen LogP contribution in [0.5, 0.6) is 11.5 Å². The summed E-state index contributed by atoms with van der Waals surface area (Å²) in [5.41, 5.74) is 1.79. The van der Waals surface area contributed by atoms with E-state index in [4.69, 9.17) is 14.6 Å². The molecule has 6 heteroatoms. The fraction of sp³-hybridized carbons (Fsp3) is 0.286. The molecule has 4 rings (SSSR count). The minimum Gasteiger partial charge on any atom is -0.493 e. The molecule has 0 radical (unpaired) electrons. The van der Waals surface area contributed by atoms with Gasteiger partial charge in [-0.15, -0.1) is 0 Å². The van der Waals surface area contributed by atoms with Crippen molar-refractivity contribution in [1.82, 2.24) is 4.98 Å². The Morgan fingerprint density at radius 3 is 2.48 bits per heavy atom. The molecule has 6 nitrogen and oxygen atoms in total. The van der Waals surface area contributed by atoms with Gasteiger partial charge in [-0.25, -0.2) is 4.98 Å². The van der Waals surface area contributed by atoms with Gasteiger partial charge >= 0.3 is 0 Å². The Morgan fingerprint density at radius 1 is 1.00 bits per heavy atom.